The van der Waals surface area contributed by atoms with Crippen molar-refractivity contribution in [2.75, 3.05) is 5.32 Å². The first-order chi connectivity index (χ1) is 12.2. The highest BCUT2D eigenvalue weighted by atomic mass is 79.9. The van der Waals surface area contributed by atoms with E-state index in [1.165, 1.54) is 0 Å². The van der Waals surface area contributed by atoms with Gasteiger partial charge in [-0.1, -0.05) is 0 Å². The number of anilines is 1. The molecular formula is C18H25BrN4O3. The van der Waals surface area contributed by atoms with E-state index in [1.54, 1.807) is 33.2 Å². The largest absolute Gasteiger partial charge is 0.444 e. The number of aromatic nitrogens is 2. The smallest absolute Gasteiger partial charge is 0.408 e. The first-order valence-electron chi connectivity index (χ1n) is 9.01. The SMILES string of the molecule is CC(C)(C)OC(=O)NC(C(=O)Nc1ncc(Br)cn1)C(C1CC1)C1CC1. The summed E-state index contributed by atoms with van der Waals surface area (Å²) in [6.45, 7) is 5.41. The van der Waals surface area contributed by atoms with Gasteiger partial charge in [0.05, 0.1) is 4.47 Å². The van der Waals surface area contributed by atoms with Gasteiger partial charge in [0, 0.05) is 12.4 Å². The number of halogens is 1. The van der Waals surface area contributed by atoms with Crippen molar-refractivity contribution in [3.8, 4) is 0 Å². The molecule has 2 aliphatic rings. The van der Waals surface area contributed by atoms with Crippen LogP contribution >= 0.6 is 15.9 Å². The number of hydrogen-bond acceptors (Lipinski definition) is 5. The van der Waals surface area contributed by atoms with Crippen molar-refractivity contribution in [2.45, 2.75) is 58.1 Å². The third-order valence-corrected chi connectivity index (χ3v) is 4.94. The van der Waals surface area contributed by atoms with Crippen molar-refractivity contribution >= 4 is 33.9 Å². The van der Waals surface area contributed by atoms with Crippen molar-refractivity contribution in [1.82, 2.24) is 15.3 Å². The number of carbonyl (C=O) groups excluding carboxylic acids is 2. The Morgan fingerprint density at radius 3 is 2.15 bits per heavy atom. The highest BCUT2D eigenvalue weighted by Gasteiger charge is 2.48. The highest BCUT2D eigenvalue weighted by molar-refractivity contribution is 9.10. The Morgan fingerprint density at radius 2 is 1.69 bits per heavy atom. The molecule has 0 aromatic carbocycles. The van der Waals surface area contributed by atoms with Gasteiger partial charge in [0.1, 0.15) is 11.6 Å². The summed E-state index contributed by atoms with van der Waals surface area (Å²) in [5.41, 5.74) is -0.616. The van der Waals surface area contributed by atoms with Crippen LogP contribution in [0.25, 0.3) is 0 Å². The summed E-state index contributed by atoms with van der Waals surface area (Å²) in [6.07, 6.45) is 6.99. The molecule has 8 heteroatoms. The first kappa shape index (κ1) is 19.1. The number of amides is 2. The Morgan fingerprint density at radius 1 is 1.15 bits per heavy atom. The fraction of sp³-hybridized carbons (Fsp3) is 0.667. The normalized spacial score (nSPS) is 18.3. The highest BCUT2D eigenvalue weighted by Crippen LogP contribution is 2.50. The zero-order valence-corrected chi connectivity index (χ0v) is 16.9. The molecule has 2 saturated carbocycles. The molecule has 2 aliphatic carbocycles. The van der Waals surface area contributed by atoms with Crippen molar-refractivity contribution in [2.24, 2.45) is 17.8 Å². The summed E-state index contributed by atoms with van der Waals surface area (Å²) in [5, 5.41) is 5.54. The molecule has 2 N–H and O–H groups in total. The lowest BCUT2D eigenvalue weighted by Crippen LogP contribution is -2.51. The van der Waals surface area contributed by atoms with Crippen molar-refractivity contribution in [1.29, 1.82) is 0 Å². The van der Waals surface area contributed by atoms with Crippen LogP contribution in [0.4, 0.5) is 10.7 Å². The molecule has 0 saturated heterocycles. The Balaban J connectivity index is 1.74. The van der Waals surface area contributed by atoms with Gasteiger partial charge in [-0.2, -0.15) is 0 Å². The zero-order chi connectivity index (χ0) is 18.9. The van der Waals surface area contributed by atoms with Gasteiger partial charge in [-0.15, -0.1) is 0 Å². The van der Waals surface area contributed by atoms with Crippen LogP contribution in [0.5, 0.6) is 0 Å². The summed E-state index contributed by atoms with van der Waals surface area (Å²) >= 11 is 3.27. The van der Waals surface area contributed by atoms with E-state index < -0.39 is 17.7 Å². The molecule has 1 atom stereocenters. The van der Waals surface area contributed by atoms with Crippen LogP contribution < -0.4 is 10.6 Å². The summed E-state index contributed by atoms with van der Waals surface area (Å²) < 4.78 is 6.10. The fourth-order valence-electron chi connectivity index (χ4n) is 3.23. The first-order valence-corrected chi connectivity index (χ1v) is 9.80. The number of nitrogens with zero attached hydrogens (tertiary/aromatic N) is 2. The van der Waals surface area contributed by atoms with Gasteiger partial charge in [-0.05, 0) is 80.1 Å². The zero-order valence-electron chi connectivity index (χ0n) is 15.3. The molecule has 7 nitrogen and oxygen atoms in total. The van der Waals surface area contributed by atoms with E-state index >= 15 is 0 Å². The second kappa shape index (κ2) is 7.50. The van der Waals surface area contributed by atoms with E-state index in [1.807, 2.05) is 0 Å². The number of nitrogens with one attached hydrogen (secondary N) is 2. The molecule has 0 spiro atoms. The van der Waals surface area contributed by atoms with Crippen LogP contribution in [0, 0.1) is 17.8 Å². The van der Waals surface area contributed by atoms with Crippen molar-refractivity contribution in [3.63, 3.8) is 0 Å². The van der Waals surface area contributed by atoms with Crippen LogP contribution in [-0.4, -0.2) is 33.6 Å². The molecule has 26 heavy (non-hydrogen) atoms. The summed E-state index contributed by atoms with van der Waals surface area (Å²) in [4.78, 5) is 33.4. The van der Waals surface area contributed by atoms with Crippen LogP contribution in [0.3, 0.4) is 0 Å². The summed E-state index contributed by atoms with van der Waals surface area (Å²) in [5.74, 6) is 1.04. The number of alkyl carbamates (subject to hydrolysis) is 1. The minimum absolute atomic E-state index is 0.137. The molecule has 1 heterocycles. The van der Waals surface area contributed by atoms with E-state index in [-0.39, 0.29) is 17.8 Å². The van der Waals surface area contributed by atoms with Gasteiger partial charge in [-0.25, -0.2) is 14.8 Å². The summed E-state index contributed by atoms with van der Waals surface area (Å²) in [7, 11) is 0. The number of carbonyl (C=O) groups is 2. The fourth-order valence-corrected chi connectivity index (χ4v) is 3.43. The minimum atomic E-state index is -0.642. The lowest BCUT2D eigenvalue weighted by atomic mass is 9.89. The monoisotopic (exact) mass is 424 g/mol. The van der Waals surface area contributed by atoms with E-state index in [2.05, 4.69) is 36.5 Å². The van der Waals surface area contributed by atoms with Gasteiger partial charge in [-0.3, -0.25) is 10.1 Å². The average molecular weight is 425 g/mol. The van der Waals surface area contributed by atoms with Gasteiger partial charge in [0.2, 0.25) is 11.9 Å². The predicted octanol–water partition coefficient (Wildman–Crippen LogP) is 3.51. The number of rotatable bonds is 6. The Kier molecular flexibility index (Phi) is 5.50. The second-order valence-electron chi connectivity index (χ2n) is 8.09. The van der Waals surface area contributed by atoms with Crippen LogP contribution in [-0.2, 0) is 9.53 Å². The van der Waals surface area contributed by atoms with Crippen molar-refractivity contribution < 1.29 is 14.3 Å². The Labute approximate surface area is 161 Å². The predicted molar refractivity (Wildman–Crippen MR) is 100 cm³/mol. The standard InChI is InChI=1S/C18H25BrN4O3/c1-18(2,3)26-17(25)22-14(13(10-4-5-10)11-6-7-11)15(24)23-16-20-8-12(19)9-21-16/h8-11,13-14H,4-7H2,1-3H3,(H,22,25)(H,20,21,23,24). The Hall–Kier alpha value is -1.70. The van der Waals surface area contributed by atoms with Crippen LogP contribution in [0.1, 0.15) is 46.5 Å². The number of ether oxygens (including phenoxy) is 1. The third-order valence-electron chi connectivity index (χ3n) is 4.53. The average Bonchev–Trinajstić information content (AvgIpc) is 3.41. The van der Waals surface area contributed by atoms with E-state index in [4.69, 9.17) is 4.74 Å². The number of hydrogen-bond donors (Lipinski definition) is 2. The topological polar surface area (TPSA) is 93.2 Å². The van der Waals surface area contributed by atoms with E-state index in [0.29, 0.717) is 11.8 Å². The lowest BCUT2D eigenvalue weighted by Gasteiger charge is -2.28. The maximum Gasteiger partial charge on any atom is 0.408 e. The van der Waals surface area contributed by atoms with Gasteiger partial charge >= 0.3 is 6.09 Å². The van der Waals surface area contributed by atoms with Gasteiger partial charge in [0.25, 0.3) is 0 Å². The molecule has 2 fully saturated rings. The molecule has 0 radical (unpaired) electrons. The third kappa shape index (κ3) is 5.40. The molecule has 2 amide bonds. The molecule has 1 aromatic rings. The molecule has 0 aliphatic heterocycles. The maximum atomic E-state index is 12.9. The molecular weight excluding hydrogens is 400 g/mol. The van der Waals surface area contributed by atoms with Crippen LogP contribution in [0.15, 0.2) is 16.9 Å². The van der Waals surface area contributed by atoms with Gasteiger partial charge < -0.3 is 10.1 Å². The maximum absolute atomic E-state index is 12.9. The van der Waals surface area contributed by atoms with Crippen LogP contribution in [0.2, 0.25) is 0 Å². The lowest BCUT2D eigenvalue weighted by molar-refractivity contribution is -0.120. The second-order valence-corrected chi connectivity index (χ2v) is 9.01. The quantitative estimate of drug-likeness (QED) is 0.728. The van der Waals surface area contributed by atoms with Crippen molar-refractivity contribution in [3.05, 3.63) is 16.9 Å². The minimum Gasteiger partial charge on any atom is -0.444 e. The molecule has 1 unspecified atom stereocenters. The molecule has 1 aromatic heterocycles. The van der Waals surface area contributed by atoms with E-state index in [9.17, 15) is 9.59 Å². The Bertz CT molecular complexity index is 654. The van der Waals surface area contributed by atoms with E-state index in [0.717, 1.165) is 30.2 Å². The summed E-state index contributed by atoms with van der Waals surface area (Å²) in [6, 6.07) is -0.642. The molecule has 0 bridgehead atoms. The van der Waals surface area contributed by atoms with Gasteiger partial charge in [0.15, 0.2) is 0 Å². The molecule has 142 valence electrons. The molecule has 3 rings (SSSR count).